The van der Waals surface area contributed by atoms with Crippen LogP contribution in [0.15, 0.2) is 30.3 Å². The maximum atomic E-state index is 5.61. The minimum atomic E-state index is 0.666. The Hall–Kier alpha value is -1.61. The molecule has 1 heterocycles. The fourth-order valence-corrected chi connectivity index (χ4v) is 1.67. The van der Waals surface area contributed by atoms with Crippen LogP contribution in [0.4, 0.5) is 0 Å². The van der Waals surface area contributed by atoms with Gasteiger partial charge in [-0.3, -0.25) is 0 Å². The molecule has 2 rings (SSSR count). The molecular weight excluding hydrogens is 212 g/mol. The van der Waals surface area contributed by atoms with Gasteiger partial charge < -0.3 is 9.72 Å². The molecule has 0 saturated heterocycles. The predicted octanol–water partition coefficient (Wildman–Crippen LogP) is 2.79. The van der Waals surface area contributed by atoms with Gasteiger partial charge in [0.05, 0.1) is 18.9 Å². The molecule has 0 saturated carbocycles. The third kappa shape index (κ3) is 3.43. The van der Waals surface area contributed by atoms with E-state index < -0.39 is 0 Å². The number of benzene rings is 1. The molecule has 1 N–H and O–H groups in total. The average molecular weight is 230 g/mol. The van der Waals surface area contributed by atoms with Gasteiger partial charge in [0.2, 0.25) is 0 Å². The number of aryl methyl sites for hydroxylation is 2. The van der Waals surface area contributed by atoms with Gasteiger partial charge in [0, 0.05) is 12.1 Å². The summed E-state index contributed by atoms with van der Waals surface area (Å²) >= 11 is 0. The molecular formula is C14H18N2O. The number of rotatable bonds is 5. The largest absolute Gasteiger partial charge is 0.376 e. The van der Waals surface area contributed by atoms with Crippen molar-refractivity contribution in [1.29, 1.82) is 0 Å². The normalized spacial score (nSPS) is 10.7. The van der Waals surface area contributed by atoms with Crippen molar-refractivity contribution < 1.29 is 4.74 Å². The van der Waals surface area contributed by atoms with Gasteiger partial charge >= 0.3 is 0 Å². The van der Waals surface area contributed by atoms with E-state index in [0.717, 1.165) is 23.6 Å². The second kappa shape index (κ2) is 5.64. The summed E-state index contributed by atoms with van der Waals surface area (Å²) in [6, 6.07) is 10.2. The number of H-pyrrole nitrogens is 1. The minimum Gasteiger partial charge on any atom is -0.376 e. The minimum absolute atomic E-state index is 0.666. The van der Waals surface area contributed by atoms with Crippen molar-refractivity contribution in [2.75, 3.05) is 6.61 Å². The first-order chi connectivity index (χ1) is 8.25. The van der Waals surface area contributed by atoms with Gasteiger partial charge in [0.25, 0.3) is 0 Å². The summed E-state index contributed by atoms with van der Waals surface area (Å²) in [4.78, 5) is 7.67. The van der Waals surface area contributed by atoms with E-state index in [1.807, 2.05) is 32.0 Å². The van der Waals surface area contributed by atoms with Gasteiger partial charge in [-0.15, -0.1) is 0 Å². The highest BCUT2D eigenvalue weighted by Crippen LogP contribution is 2.05. The van der Waals surface area contributed by atoms with Gasteiger partial charge in [-0.25, -0.2) is 4.98 Å². The van der Waals surface area contributed by atoms with Crippen LogP contribution >= 0.6 is 0 Å². The Balaban J connectivity index is 1.73. The van der Waals surface area contributed by atoms with Gasteiger partial charge in [0.1, 0.15) is 5.82 Å². The molecule has 0 atom stereocenters. The smallest absolute Gasteiger partial charge is 0.108 e. The quantitative estimate of drug-likeness (QED) is 0.802. The molecule has 0 aliphatic heterocycles. The van der Waals surface area contributed by atoms with Gasteiger partial charge in [0.15, 0.2) is 0 Å². The van der Waals surface area contributed by atoms with E-state index in [0.29, 0.717) is 13.2 Å². The van der Waals surface area contributed by atoms with Crippen LogP contribution in [0.5, 0.6) is 0 Å². The summed E-state index contributed by atoms with van der Waals surface area (Å²) < 4.78 is 5.61. The third-order valence-electron chi connectivity index (χ3n) is 2.77. The molecule has 0 spiro atoms. The fraction of sp³-hybridized carbons (Fsp3) is 0.357. The Bertz CT molecular complexity index is 443. The highest BCUT2D eigenvalue weighted by molar-refractivity contribution is 5.13. The first-order valence-electron chi connectivity index (χ1n) is 5.89. The molecule has 0 radical (unpaired) electrons. The van der Waals surface area contributed by atoms with Crippen molar-refractivity contribution in [2.45, 2.75) is 26.9 Å². The predicted molar refractivity (Wildman–Crippen MR) is 67.9 cm³/mol. The number of hydrogen-bond acceptors (Lipinski definition) is 2. The van der Waals surface area contributed by atoms with Crippen LogP contribution in [-0.4, -0.2) is 16.6 Å². The molecule has 0 bridgehead atoms. The average Bonchev–Trinajstić information content (AvgIpc) is 2.66. The first kappa shape index (κ1) is 11.9. The maximum absolute atomic E-state index is 5.61. The summed E-state index contributed by atoms with van der Waals surface area (Å²) in [6.45, 7) is 5.41. The van der Waals surface area contributed by atoms with Crippen LogP contribution in [0, 0.1) is 13.8 Å². The molecule has 1 aromatic heterocycles. The van der Waals surface area contributed by atoms with Crippen molar-refractivity contribution in [3.8, 4) is 0 Å². The SMILES string of the molecule is Cc1nc(CCOCc2ccccc2)[nH]c1C. The lowest BCUT2D eigenvalue weighted by molar-refractivity contribution is 0.122. The Labute approximate surface area is 102 Å². The number of aromatic amines is 1. The van der Waals surface area contributed by atoms with Crippen LogP contribution in [0.3, 0.4) is 0 Å². The van der Waals surface area contributed by atoms with E-state index in [-0.39, 0.29) is 0 Å². The zero-order valence-corrected chi connectivity index (χ0v) is 10.4. The van der Waals surface area contributed by atoms with Crippen LogP contribution in [0.25, 0.3) is 0 Å². The molecule has 1 aromatic carbocycles. The number of aromatic nitrogens is 2. The summed E-state index contributed by atoms with van der Waals surface area (Å²) in [5, 5.41) is 0. The highest BCUT2D eigenvalue weighted by Gasteiger charge is 2.01. The lowest BCUT2D eigenvalue weighted by atomic mass is 10.2. The third-order valence-corrected chi connectivity index (χ3v) is 2.77. The van der Waals surface area contributed by atoms with Crippen molar-refractivity contribution in [3.05, 3.63) is 53.1 Å². The van der Waals surface area contributed by atoms with Crippen molar-refractivity contribution in [1.82, 2.24) is 9.97 Å². The Morgan fingerprint density at radius 2 is 1.94 bits per heavy atom. The summed E-state index contributed by atoms with van der Waals surface area (Å²) in [7, 11) is 0. The maximum Gasteiger partial charge on any atom is 0.108 e. The Morgan fingerprint density at radius 1 is 1.18 bits per heavy atom. The van der Waals surface area contributed by atoms with Crippen LogP contribution < -0.4 is 0 Å². The zero-order chi connectivity index (χ0) is 12.1. The van der Waals surface area contributed by atoms with Gasteiger partial charge in [-0.05, 0) is 19.4 Å². The number of imidazole rings is 1. The zero-order valence-electron chi connectivity index (χ0n) is 10.4. The Kier molecular flexibility index (Phi) is 3.94. The molecule has 0 aliphatic carbocycles. The number of nitrogens with one attached hydrogen (secondary N) is 1. The summed E-state index contributed by atoms with van der Waals surface area (Å²) in [5.74, 6) is 1.01. The molecule has 3 heteroatoms. The van der Waals surface area contributed by atoms with Gasteiger partial charge in [-0.1, -0.05) is 30.3 Å². The lowest BCUT2D eigenvalue weighted by Gasteiger charge is -2.02. The van der Waals surface area contributed by atoms with E-state index in [1.165, 1.54) is 5.56 Å². The summed E-state index contributed by atoms with van der Waals surface area (Å²) in [5.41, 5.74) is 3.42. The van der Waals surface area contributed by atoms with Crippen molar-refractivity contribution in [3.63, 3.8) is 0 Å². The molecule has 0 unspecified atom stereocenters. The van der Waals surface area contributed by atoms with E-state index in [4.69, 9.17) is 4.74 Å². The van der Waals surface area contributed by atoms with Gasteiger partial charge in [-0.2, -0.15) is 0 Å². The molecule has 17 heavy (non-hydrogen) atoms. The van der Waals surface area contributed by atoms with E-state index in [1.54, 1.807) is 0 Å². The number of nitrogens with zero attached hydrogens (tertiary/aromatic N) is 1. The van der Waals surface area contributed by atoms with Crippen LogP contribution in [0.1, 0.15) is 22.8 Å². The fourth-order valence-electron chi connectivity index (χ4n) is 1.67. The molecule has 3 nitrogen and oxygen atoms in total. The number of ether oxygens (including phenoxy) is 1. The monoisotopic (exact) mass is 230 g/mol. The highest BCUT2D eigenvalue weighted by atomic mass is 16.5. The second-order valence-electron chi connectivity index (χ2n) is 4.18. The second-order valence-corrected chi connectivity index (χ2v) is 4.18. The molecule has 0 fully saturated rings. The van der Waals surface area contributed by atoms with Crippen molar-refractivity contribution in [2.24, 2.45) is 0 Å². The van der Waals surface area contributed by atoms with E-state index in [9.17, 15) is 0 Å². The molecule has 90 valence electrons. The lowest BCUT2D eigenvalue weighted by Crippen LogP contribution is -2.00. The van der Waals surface area contributed by atoms with Crippen LogP contribution in [0.2, 0.25) is 0 Å². The van der Waals surface area contributed by atoms with Crippen molar-refractivity contribution >= 4 is 0 Å². The Morgan fingerprint density at radius 3 is 2.59 bits per heavy atom. The number of hydrogen-bond donors (Lipinski definition) is 1. The topological polar surface area (TPSA) is 37.9 Å². The van der Waals surface area contributed by atoms with Crippen LogP contribution in [-0.2, 0) is 17.8 Å². The molecule has 0 amide bonds. The molecule has 2 aromatic rings. The summed E-state index contributed by atoms with van der Waals surface area (Å²) in [6.07, 6.45) is 0.835. The first-order valence-corrected chi connectivity index (χ1v) is 5.89. The van der Waals surface area contributed by atoms with E-state index in [2.05, 4.69) is 22.1 Å². The molecule has 0 aliphatic rings. The van der Waals surface area contributed by atoms with E-state index >= 15 is 0 Å². The standard InChI is InChI=1S/C14H18N2O/c1-11-12(2)16-14(15-11)8-9-17-10-13-6-4-3-5-7-13/h3-7H,8-10H2,1-2H3,(H,15,16).